The average molecular weight is 231 g/mol. The normalized spacial score (nSPS) is 12.6. The molecule has 0 radical (unpaired) electrons. The molecule has 1 atom stereocenters. The van der Waals surface area contributed by atoms with Crippen LogP contribution in [0.2, 0.25) is 0 Å². The number of rotatable bonds is 4. The Kier molecular flexibility index (Phi) is 4.38. The second kappa shape index (κ2) is 5.34. The van der Waals surface area contributed by atoms with Crippen molar-refractivity contribution >= 4 is 11.8 Å². The van der Waals surface area contributed by atoms with Crippen LogP contribution in [0.25, 0.3) is 0 Å². The number of aliphatic hydroxyl groups excluding tert-OH is 1. The van der Waals surface area contributed by atoms with Gasteiger partial charge in [0, 0.05) is 12.1 Å². The predicted octanol–water partition coefficient (Wildman–Crippen LogP) is 1.55. The number of nitrogens with two attached hydrogens (primary N) is 1. The van der Waals surface area contributed by atoms with E-state index in [4.69, 9.17) is 10.5 Å². The van der Waals surface area contributed by atoms with Crippen molar-refractivity contribution in [2.75, 3.05) is 19.9 Å². The number of thioether (sulfide) groups is 1. The molecule has 0 amide bonds. The highest BCUT2D eigenvalue weighted by Gasteiger charge is 2.16. The van der Waals surface area contributed by atoms with Gasteiger partial charge < -0.3 is 15.6 Å². The number of aliphatic hydroxyl groups is 1. The molecule has 3 nitrogen and oxygen atoms in total. The number of halogens is 1. The highest BCUT2D eigenvalue weighted by Crippen LogP contribution is 2.35. The molecule has 0 aliphatic rings. The van der Waals surface area contributed by atoms with E-state index in [0.717, 1.165) is 0 Å². The zero-order valence-electron chi connectivity index (χ0n) is 8.66. The van der Waals surface area contributed by atoms with Crippen molar-refractivity contribution in [2.24, 2.45) is 5.73 Å². The van der Waals surface area contributed by atoms with E-state index in [0.29, 0.717) is 16.2 Å². The quantitative estimate of drug-likeness (QED) is 0.772. The Bertz CT molecular complexity index is 346. The smallest absolute Gasteiger partial charge is 0.138 e. The van der Waals surface area contributed by atoms with E-state index >= 15 is 0 Å². The van der Waals surface area contributed by atoms with Crippen molar-refractivity contribution in [2.45, 2.75) is 11.0 Å². The van der Waals surface area contributed by atoms with Gasteiger partial charge >= 0.3 is 0 Å². The predicted molar refractivity (Wildman–Crippen MR) is 58.7 cm³/mol. The van der Waals surface area contributed by atoms with Gasteiger partial charge in [0.25, 0.3) is 0 Å². The van der Waals surface area contributed by atoms with Crippen LogP contribution < -0.4 is 10.5 Å². The Morgan fingerprint density at radius 2 is 2.27 bits per heavy atom. The van der Waals surface area contributed by atoms with E-state index in [1.165, 1.54) is 31.0 Å². The van der Waals surface area contributed by atoms with Crippen molar-refractivity contribution in [3.05, 3.63) is 23.5 Å². The summed E-state index contributed by atoms with van der Waals surface area (Å²) in [4.78, 5) is 0.653. The van der Waals surface area contributed by atoms with Gasteiger partial charge in [-0.25, -0.2) is 4.39 Å². The fourth-order valence-electron chi connectivity index (χ4n) is 1.33. The maximum absolute atomic E-state index is 13.2. The van der Waals surface area contributed by atoms with Crippen molar-refractivity contribution < 1.29 is 14.2 Å². The minimum Gasteiger partial charge on any atom is -0.495 e. The molecule has 3 N–H and O–H groups in total. The summed E-state index contributed by atoms with van der Waals surface area (Å²) in [6.45, 7) is 0.0354. The maximum Gasteiger partial charge on any atom is 0.138 e. The molecule has 1 rings (SSSR count). The molecule has 84 valence electrons. The van der Waals surface area contributed by atoms with Crippen molar-refractivity contribution in [1.29, 1.82) is 0 Å². The highest BCUT2D eigenvalue weighted by molar-refractivity contribution is 7.98. The molecular formula is C10H14FNO2S. The van der Waals surface area contributed by atoms with Crippen LogP contribution in [0.1, 0.15) is 11.7 Å². The van der Waals surface area contributed by atoms with Gasteiger partial charge in [0.15, 0.2) is 0 Å². The van der Waals surface area contributed by atoms with E-state index in [9.17, 15) is 9.50 Å². The number of ether oxygens (including phenoxy) is 1. The average Bonchev–Trinajstić information content (AvgIpc) is 2.26. The first kappa shape index (κ1) is 12.3. The second-order valence-corrected chi connectivity index (χ2v) is 3.83. The van der Waals surface area contributed by atoms with Gasteiger partial charge in [0.05, 0.1) is 18.1 Å². The monoisotopic (exact) mass is 231 g/mol. The van der Waals surface area contributed by atoms with E-state index in [1.807, 2.05) is 6.26 Å². The van der Waals surface area contributed by atoms with Crippen molar-refractivity contribution in [3.8, 4) is 5.75 Å². The summed E-state index contributed by atoms with van der Waals surface area (Å²) in [5.41, 5.74) is 5.73. The largest absolute Gasteiger partial charge is 0.495 e. The molecule has 0 spiro atoms. The Labute approximate surface area is 92.4 Å². The Morgan fingerprint density at radius 3 is 2.73 bits per heavy atom. The molecule has 0 heterocycles. The van der Waals surface area contributed by atoms with Gasteiger partial charge in [0.2, 0.25) is 0 Å². The molecular weight excluding hydrogens is 217 g/mol. The molecule has 15 heavy (non-hydrogen) atoms. The zero-order valence-corrected chi connectivity index (χ0v) is 9.47. The highest BCUT2D eigenvalue weighted by atomic mass is 32.2. The lowest BCUT2D eigenvalue weighted by Crippen LogP contribution is -2.13. The summed E-state index contributed by atoms with van der Waals surface area (Å²) in [6, 6.07) is 2.62. The van der Waals surface area contributed by atoms with Crippen LogP contribution in [0.5, 0.6) is 5.75 Å². The van der Waals surface area contributed by atoms with Crippen molar-refractivity contribution in [1.82, 2.24) is 0 Å². The summed E-state index contributed by atoms with van der Waals surface area (Å²) in [5.74, 6) is 0.0875. The first-order valence-electron chi connectivity index (χ1n) is 4.43. The lowest BCUT2D eigenvalue weighted by Gasteiger charge is -2.15. The van der Waals surface area contributed by atoms with Crippen LogP contribution in [0.3, 0.4) is 0 Å². The van der Waals surface area contributed by atoms with E-state index in [2.05, 4.69) is 0 Å². The Balaban J connectivity index is 3.28. The van der Waals surface area contributed by atoms with Crippen LogP contribution in [-0.2, 0) is 0 Å². The van der Waals surface area contributed by atoms with Gasteiger partial charge in [-0.1, -0.05) is 0 Å². The molecule has 0 fully saturated rings. The molecule has 1 unspecified atom stereocenters. The van der Waals surface area contributed by atoms with Crippen LogP contribution in [0.4, 0.5) is 4.39 Å². The lowest BCUT2D eigenvalue weighted by molar-refractivity contribution is 0.181. The zero-order chi connectivity index (χ0) is 11.4. The van der Waals surface area contributed by atoms with Gasteiger partial charge in [-0.15, -0.1) is 11.8 Å². The van der Waals surface area contributed by atoms with Gasteiger partial charge in [-0.05, 0) is 18.4 Å². The van der Waals surface area contributed by atoms with E-state index < -0.39 is 11.9 Å². The van der Waals surface area contributed by atoms with Crippen molar-refractivity contribution in [3.63, 3.8) is 0 Å². The van der Waals surface area contributed by atoms with Gasteiger partial charge in [-0.2, -0.15) is 0 Å². The van der Waals surface area contributed by atoms with E-state index in [1.54, 1.807) is 0 Å². The van der Waals surface area contributed by atoms with Crippen LogP contribution >= 0.6 is 11.8 Å². The molecule has 0 aromatic heterocycles. The summed E-state index contributed by atoms with van der Waals surface area (Å²) in [6.07, 6.45) is 0.914. The summed E-state index contributed by atoms with van der Waals surface area (Å²) in [7, 11) is 1.49. The maximum atomic E-state index is 13.2. The first-order valence-corrected chi connectivity index (χ1v) is 5.66. The summed E-state index contributed by atoms with van der Waals surface area (Å²) >= 11 is 1.36. The number of hydrogen-bond donors (Lipinski definition) is 2. The van der Waals surface area contributed by atoms with Crippen LogP contribution in [0, 0.1) is 5.82 Å². The topological polar surface area (TPSA) is 55.5 Å². The summed E-state index contributed by atoms with van der Waals surface area (Å²) < 4.78 is 18.3. The number of methoxy groups -OCH3 is 1. The van der Waals surface area contributed by atoms with E-state index in [-0.39, 0.29) is 6.54 Å². The number of hydrogen-bond acceptors (Lipinski definition) is 4. The Hall–Kier alpha value is -0.780. The third kappa shape index (κ3) is 2.62. The lowest BCUT2D eigenvalue weighted by atomic mass is 10.1. The molecule has 0 saturated heterocycles. The minimum absolute atomic E-state index is 0.0354. The molecule has 0 aliphatic heterocycles. The SMILES string of the molecule is COc1c(SC)cc(F)cc1C(O)CN. The standard InChI is InChI=1S/C10H14FNO2S/c1-14-10-7(8(13)5-12)3-6(11)4-9(10)15-2/h3-4,8,13H,5,12H2,1-2H3. The molecule has 0 saturated carbocycles. The van der Waals surface area contributed by atoms with Crippen LogP contribution in [-0.4, -0.2) is 25.0 Å². The minimum atomic E-state index is -0.901. The fraction of sp³-hybridized carbons (Fsp3) is 0.400. The van der Waals surface area contributed by atoms with Gasteiger partial charge in [0.1, 0.15) is 11.6 Å². The molecule has 0 bridgehead atoms. The molecule has 1 aromatic carbocycles. The fourth-order valence-corrected chi connectivity index (χ4v) is 1.95. The Morgan fingerprint density at radius 1 is 1.60 bits per heavy atom. The van der Waals surface area contributed by atoms with Crippen LogP contribution in [0.15, 0.2) is 17.0 Å². The summed E-state index contributed by atoms with van der Waals surface area (Å²) in [5, 5.41) is 9.60. The third-order valence-electron chi connectivity index (χ3n) is 2.05. The van der Waals surface area contributed by atoms with Gasteiger partial charge in [-0.3, -0.25) is 0 Å². The first-order chi connectivity index (χ1) is 7.13. The third-order valence-corrected chi connectivity index (χ3v) is 2.80. The molecule has 0 aliphatic carbocycles. The second-order valence-electron chi connectivity index (χ2n) is 2.98. The molecule has 1 aromatic rings. The number of benzene rings is 1. The molecule has 5 heteroatoms.